The van der Waals surface area contributed by atoms with Gasteiger partial charge in [0.2, 0.25) is 0 Å². The molecule has 1 atom stereocenters. The molecule has 8 heteroatoms. The van der Waals surface area contributed by atoms with Gasteiger partial charge in [0.05, 0.1) is 7.11 Å². The SMILES string of the molecule is COc1ccc(NS(=O)(=O)c2cc(C(=O)N3CCCC(C)C3)ccc2F)cc1. The van der Waals surface area contributed by atoms with Crippen LogP contribution in [0.25, 0.3) is 0 Å². The third-order valence-corrected chi connectivity index (χ3v) is 6.15. The lowest BCUT2D eigenvalue weighted by atomic mass is 9.99. The first-order chi connectivity index (χ1) is 13.3. The number of carbonyl (C=O) groups excluding carboxylic acids is 1. The topological polar surface area (TPSA) is 75.7 Å². The summed E-state index contributed by atoms with van der Waals surface area (Å²) in [6, 6.07) is 9.64. The molecule has 2 aromatic carbocycles. The summed E-state index contributed by atoms with van der Waals surface area (Å²) in [6.45, 7) is 3.30. The summed E-state index contributed by atoms with van der Waals surface area (Å²) < 4.78 is 47.0. The van der Waals surface area contributed by atoms with E-state index in [-0.39, 0.29) is 17.2 Å². The molecule has 1 aliphatic rings. The van der Waals surface area contributed by atoms with E-state index in [0.29, 0.717) is 24.8 Å². The van der Waals surface area contributed by atoms with E-state index >= 15 is 0 Å². The van der Waals surface area contributed by atoms with Crippen LogP contribution >= 0.6 is 0 Å². The summed E-state index contributed by atoms with van der Waals surface area (Å²) in [7, 11) is -2.70. The van der Waals surface area contributed by atoms with Crippen LogP contribution in [0.2, 0.25) is 0 Å². The van der Waals surface area contributed by atoms with Crippen LogP contribution in [0.5, 0.6) is 5.75 Å². The van der Waals surface area contributed by atoms with Crippen LogP contribution in [0.3, 0.4) is 0 Å². The Bertz CT molecular complexity index is 961. The van der Waals surface area contributed by atoms with Gasteiger partial charge in [-0.05, 0) is 61.2 Å². The molecule has 6 nitrogen and oxygen atoms in total. The first kappa shape index (κ1) is 20.1. The number of nitrogens with zero attached hydrogens (tertiary/aromatic N) is 1. The maximum atomic E-state index is 14.3. The van der Waals surface area contributed by atoms with Crippen molar-refractivity contribution in [1.82, 2.24) is 4.90 Å². The molecule has 0 aromatic heterocycles. The third-order valence-electron chi connectivity index (χ3n) is 4.75. The van der Waals surface area contributed by atoms with Crippen molar-refractivity contribution in [2.75, 3.05) is 24.9 Å². The summed E-state index contributed by atoms with van der Waals surface area (Å²) in [6.07, 6.45) is 1.96. The Balaban J connectivity index is 1.86. The standard InChI is InChI=1S/C20H23FN2O4S/c1-14-4-3-11-23(13-14)20(24)15-5-10-18(21)19(12-15)28(25,26)22-16-6-8-17(27-2)9-7-16/h5-10,12,14,22H,3-4,11,13H2,1-2H3. The number of likely N-dealkylation sites (tertiary alicyclic amines) is 1. The number of piperidine rings is 1. The predicted octanol–water partition coefficient (Wildman–Crippen LogP) is 3.51. The zero-order valence-electron chi connectivity index (χ0n) is 15.8. The molecule has 1 heterocycles. The maximum Gasteiger partial charge on any atom is 0.264 e. The summed E-state index contributed by atoms with van der Waals surface area (Å²) in [5.41, 5.74) is 0.424. The lowest BCUT2D eigenvalue weighted by Crippen LogP contribution is -2.39. The molecule has 0 bridgehead atoms. The van der Waals surface area contributed by atoms with Crippen LogP contribution < -0.4 is 9.46 Å². The average Bonchev–Trinajstić information content (AvgIpc) is 2.68. The number of amides is 1. The van der Waals surface area contributed by atoms with Crippen LogP contribution in [-0.2, 0) is 10.0 Å². The van der Waals surface area contributed by atoms with Crippen molar-refractivity contribution < 1.29 is 22.3 Å². The molecule has 1 aliphatic heterocycles. The molecule has 0 aliphatic carbocycles. The smallest absolute Gasteiger partial charge is 0.264 e. The van der Waals surface area contributed by atoms with Gasteiger partial charge in [-0.15, -0.1) is 0 Å². The Morgan fingerprint density at radius 1 is 1.21 bits per heavy atom. The lowest BCUT2D eigenvalue weighted by Gasteiger charge is -2.31. The van der Waals surface area contributed by atoms with Crippen LogP contribution in [0.1, 0.15) is 30.1 Å². The molecule has 2 aromatic rings. The van der Waals surface area contributed by atoms with E-state index in [1.165, 1.54) is 25.3 Å². The Morgan fingerprint density at radius 2 is 1.93 bits per heavy atom. The second-order valence-corrected chi connectivity index (χ2v) is 8.63. The highest BCUT2D eigenvalue weighted by Crippen LogP contribution is 2.24. The number of halogens is 1. The Kier molecular flexibility index (Phi) is 5.88. The molecule has 150 valence electrons. The normalized spacial score (nSPS) is 17.2. The van der Waals surface area contributed by atoms with E-state index in [1.54, 1.807) is 17.0 Å². The van der Waals surface area contributed by atoms with E-state index in [0.717, 1.165) is 25.0 Å². The van der Waals surface area contributed by atoms with Gasteiger partial charge >= 0.3 is 0 Å². The predicted molar refractivity (Wildman–Crippen MR) is 105 cm³/mol. The fourth-order valence-electron chi connectivity index (χ4n) is 3.27. The average molecular weight is 406 g/mol. The highest BCUT2D eigenvalue weighted by molar-refractivity contribution is 7.92. The lowest BCUT2D eigenvalue weighted by molar-refractivity contribution is 0.0682. The highest BCUT2D eigenvalue weighted by Gasteiger charge is 2.25. The summed E-state index contributed by atoms with van der Waals surface area (Å²) >= 11 is 0. The van der Waals surface area contributed by atoms with Gasteiger partial charge in [-0.1, -0.05) is 6.92 Å². The molecule has 1 amide bonds. The minimum absolute atomic E-state index is 0.158. The molecule has 1 saturated heterocycles. The highest BCUT2D eigenvalue weighted by atomic mass is 32.2. The molecule has 28 heavy (non-hydrogen) atoms. The molecule has 1 fully saturated rings. The number of carbonyl (C=O) groups is 1. The first-order valence-electron chi connectivity index (χ1n) is 9.06. The minimum Gasteiger partial charge on any atom is -0.497 e. The van der Waals surface area contributed by atoms with Crippen molar-refractivity contribution in [2.24, 2.45) is 5.92 Å². The number of sulfonamides is 1. The van der Waals surface area contributed by atoms with Gasteiger partial charge in [0.25, 0.3) is 15.9 Å². The van der Waals surface area contributed by atoms with Gasteiger partial charge in [-0.3, -0.25) is 9.52 Å². The molecular formula is C20H23FN2O4S. The van der Waals surface area contributed by atoms with Crippen molar-refractivity contribution in [1.29, 1.82) is 0 Å². The third kappa shape index (κ3) is 4.44. The van der Waals surface area contributed by atoms with Gasteiger partial charge in [-0.2, -0.15) is 0 Å². The van der Waals surface area contributed by atoms with Crippen molar-refractivity contribution in [3.8, 4) is 5.75 Å². The molecular weight excluding hydrogens is 383 g/mol. The molecule has 0 radical (unpaired) electrons. The number of benzene rings is 2. The van der Waals surface area contributed by atoms with Crippen LogP contribution in [0.15, 0.2) is 47.4 Å². The molecule has 1 unspecified atom stereocenters. The van der Waals surface area contributed by atoms with Gasteiger partial charge < -0.3 is 9.64 Å². The van der Waals surface area contributed by atoms with Crippen LogP contribution in [0.4, 0.5) is 10.1 Å². The number of rotatable bonds is 5. The second kappa shape index (κ2) is 8.18. The van der Waals surface area contributed by atoms with Gasteiger partial charge in [0.1, 0.15) is 16.5 Å². The van der Waals surface area contributed by atoms with Crippen molar-refractivity contribution in [3.63, 3.8) is 0 Å². The van der Waals surface area contributed by atoms with E-state index in [2.05, 4.69) is 11.6 Å². The quantitative estimate of drug-likeness (QED) is 0.825. The Hall–Kier alpha value is -2.61. The monoisotopic (exact) mass is 406 g/mol. The number of anilines is 1. The molecule has 0 saturated carbocycles. The van der Waals surface area contributed by atoms with Gasteiger partial charge in [0.15, 0.2) is 0 Å². The second-order valence-electron chi connectivity index (χ2n) is 6.98. The molecule has 3 rings (SSSR count). The van der Waals surface area contributed by atoms with E-state index in [1.807, 2.05) is 0 Å². The molecule has 1 N–H and O–H groups in total. The Labute approximate surface area is 164 Å². The van der Waals surface area contributed by atoms with E-state index in [9.17, 15) is 17.6 Å². The Morgan fingerprint density at radius 3 is 2.57 bits per heavy atom. The fourth-order valence-corrected chi connectivity index (χ4v) is 4.43. The number of hydrogen-bond donors (Lipinski definition) is 1. The first-order valence-corrected chi connectivity index (χ1v) is 10.5. The maximum absolute atomic E-state index is 14.3. The van der Waals surface area contributed by atoms with E-state index < -0.39 is 20.7 Å². The number of nitrogens with one attached hydrogen (secondary N) is 1. The van der Waals surface area contributed by atoms with Crippen molar-refractivity contribution >= 4 is 21.6 Å². The van der Waals surface area contributed by atoms with Crippen LogP contribution in [-0.4, -0.2) is 39.4 Å². The van der Waals surface area contributed by atoms with Crippen molar-refractivity contribution in [3.05, 3.63) is 53.8 Å². The zero-order chi connectivity index (χ0) is 20.3. The van der Waals surface area contributed by atoms with Crippen LogP contribution in [0, 0.1) is 11.7 Å². The fraction of sp³-hybridized carbons (Fsp3) is 0.350. The zero-order valence-corrected chi connectivity index (χ0v) is 16.6. The van der Waals surface area contributed by atoms with Gasteiger partial charge in [0, 0.05) is 24.3 Å². The molecule has 0 spiro atoms. The summed E-state index contributed by atoms with van der Waals surface area (Å²) in [5, 5.41) is 0. The van der Waals surface area contributed by atoms with E-state index in [4.69, 9.17) is 4.74 Å². The summed E-state index contributed by atoms with van der Waals surface area (Å²) in [4.78, 5) is 13.9. The number of hydrogen-bond acceptors (Lipinski definition) is 4. The van der Waals surface area contributed by atoms with Gasteiger partial charge in [-0.25, -0.2) is 12.8 Å². The largest absolute Gasteiger partial charge is 0.497 e. The van der Waals surface area contributed by atoms with Crippen molar-refractivity contribution in [2.45, 2.75) is 24.7 Å². The number of methoxy groups -OCH3 is 1. The number of ether oxygens (including phenoxy) is 1. The minimum atomic E-state index is -4.20. The summed E-state index contributed by atoms with van der Waals surface area (Å²) in [5.74, 6) is -0.243.